The number of carbonyl (C=O) groups excluding carboxylic acids is 2. The molecule has 1 heterocycles. The maximum absolute atomic E-state index is 12.7. The van der Waals surface area contributed by atoms with Crippen molar-refractivity contribution in [3.05, 3.63) is 22.3 Å². The molecule has 0 fully saturated rings. The van der Waals surface area contributed by atoms with Crippen LogP contribution < -0.4 is 21.1 Å². The van der Waals surface area contributed by atoms with E-state index in [4.69, 9.17) is 10.5 Å². The van der Waals surface area contributed by atoms with Gasteiger partial charge in [-0.15, -0.1) is 12.4 Å². The van der Waals surface area contributed by atoms with Gasteiger partial charge in [-0.3, -0.25) is 14.6 Å². The van der Waals surface area contributed by atoms with Crippen LogP contribution in [0.2, 0.25) is 0 Å². The Balaban J connectivity index is 0.00000420. The van der Waals surface area contributed by atoms with Gasteiger partial charge in [0.2, 0.25) is 5.91 Å². The summed E-state index contributed by atoms with van der Waals surface area (Å²) in [7, 11) is 0. The van der Waals surface area contributed by atoms with Gasteiger partial charge in [-0.1, -0.05) is 0 Å². The highest BCUT2D eigenvalue weighted by Gasteiger charge is 2.40. The molecule has 1 atom stereocenters. The lowest BCUT2D eigenvalue weighted by Crippen LogP contribution is -2.52. The molecule has 0 saturated heterocycles. The summed E-state index contributed by atoms with van der Waals surface area (Å²) in [6.07, 6.45) is 1.15. The molecule has 29 heavy (non-hydrogen) atoms. The zero-order valence-electron chi connectivity index (χ0n) is 17.6. The van der Waals surface area contributed by atoms with E-state index in [2.05, 4.69) is 15.6 Å². The molecule has 162 valence electrons. The second kappa shape index (κ2) is 9.82. The lowest BCUT2D eigenvalue weighted by molar-refractivity contribution is -0.137. The van der Waals surface area contributed by atoms with E-state index < -0.39 is 5.60 Å². The minimum Gasteiger partial charge on any atom is -0.507 e. The second-order valence-electron chi connectivity index (χ2n) is 7.43. The summed E-state index contributed by atoms with van der Waals surface area (Å²) in [5.41, 5.74) is 7.75. The van der Waals surface area contributed by atoms with E-state index in [9.17, 15) is 14.7 Å². The molecule has 0 bridgehead atoms. The zero-order valence-corrected chi connectivity index (χ0v) is 18.5. The number of nitrogens with zero attached hydrogens (tertiary/aromatic N) is 1. The van der Waals surface area contributed by atoms with Crippen LogP contribution in [0.15, 0.2) is 4.99 Å². The summed E-state index contributed by atoms with van der Waals surface area (Å²) >= 11 is 0. The number of amidine groups is 1. The lowest BCUT2D eigenvalue weighted by Gasteiger charge is -2.36. The number of fused-ring (bicyclic) bond motifs is 1. The van der Waals surface area contributed by atoms with Gasteiger partial charge in [0.05, 0.1) is 5.84 Å². The SMILES string of the molecule is CC(N)=NCC(=O)NCCNC(=O)C1(C)CCc2c(C)c(O)c(C)c(C)c2O1.Cl. The molecule has 0 aliphatic carbocycles. The third kappa shape index (κ3) is 5.53. The summed E-state index contributed by atoms with van der Waals surface area (Å²) in [5, 5.41) is 15.7. The number of amides is 2. The standard InChI is InChI=1S/C20H30N4O4.ClH/c1-11-12(2)18-15(13(3)17(11)26)6-7-20(5,28-18)19(27)23-9-8-22-16(25)10-24-14(4)21;/h26H,6-10H2,1-5H3,(H2,21,24)(H,22,25)(H,23,27);1H. The van der Waals surface area contributed by atoms with Crippen LogP contribution in [0.5, 0.6) is 11.5 Å². The Morgan fingerprint density at radius 3 is 2.41 bits per heavy atom. The first kappa shape index (κ1) is 24.6. The van der Waals surface area contributed by atoms with Gasteiger partial charge in [-0.2, -0.15) is 0 Å². The Labute approximate surface area is 177 Å². The van der Waals surface area contributed by atoms with Crippen molar-refractivity contribution in [2.24, 2.45) is 10.7 Å². The summed E-state index contributed by atoms with van der Waals surface area (Å²) < 4.78 is 6.13. The normalized spacial score (nSPS) is 18.2. The zero-order chi connectivity index (χ0) is 21.1. The third-order valence-corrected chi connectivity index (χ3v) is 5.20. The molecule has 1 aromatic rings. The quantitative estimate of drug-likeness (QED) is 0.311. The Bertz CT molecular complexity index is 821. The average Bonchev–Trinajstić information content (AvgIpc) is 2.66. The Morgan fingerprint density at radius 1 is 1.17 bits per heavy atom. The molecule has 0 aromatic heterocycles. The van der Waals surface area contributed by atoms with Crippen LogP contribution in [0.3, 0.4) is 0 Å². The number of ether oxygens (including phenoxy) is 1. The number of rotatable bonds is 6. The van der Waals surface area contributed by atoms with E-state index in [1.807, 2.05) is 20.8 Å². The maximum atomic E-state index is 12.7. The van der Waals surface area contributed by atoms with Gasteiger partial charge in [-0.05, 0) is 57.7 Å². The second-order valence-corrected chi connectivity index (χ2v) is 7.43. The first-order valence-electron chi connectivity index (χ1n) is 9.39. The molecule has 8 nitrogen and oxygen atoms in total. The predicted octanol–water partition coefficient (Wildman–Crippen LogP) is 1.43. The summed E-state index contributed by atoms with van der Waals surface area (Å²) in [6.45, 7) is 9.52. The topological polar surface area (TPSA) is 126 Å². The smallest absolute Gasteiger partial charge is 0.263 e. The maximum Gasteiger partial charge on any atom is 0.263 e. The first-order chi connectivity index (χ1) is 13.1. The van der Waals surface area contributed by atoms with E-state index in [1.165, 1.54) is 0 Å². The van der Waals surface area contributed by atoms with Gasteiger partial charge in [0, 0.05) is 25.1 Å². The van der Waals surface area contributed by atoms with Crippen LogP contribution in [-0.4, -0.2) is 48.0 Å². The van der Waals surface area contributed by atoms with E-state index in [0.717, 1.165) is 22.3 Å². The highest BCUT2D eigenvalue weighted by atomic mass is 35.5. The molecule has 1 aliphatic rings. The molecule has 0 spiro atoms. The fourth-order valence-electron chi connectivity index (χ4n) is 3.22. The van der Waals surface area contributed by atoms with Gasteiger partial charge in [-0.25, -0.2) is 0 Å². The number of nitrogens with two attached hydrogens (primary N) is 1. The van der Waals surface area contributed by atoms with Crippen molar-refractivity contribution in [1.29, 1.82) is 0 Å². The van der Waals surface area contributed by atoms with Crippen LogP contribution in [0.4, 0.5) is 0 Å². The Hall–Kier alpha value is -2.48. The van der Waals surface area contributed by atoms with Crippen molar-refractivity contribution in [2.45, 2.75) is 53.1 Å². The van der Waals surface area contributed by atoms with Gasteiger partial charge in [0.1, 0.15) is 18.0 Å². The highest BCUT2D eigenvalue weighted by molar-refractivity contribution is 5.86. The fraction of sp³-hybridized carbons (Fsp3) is 0.550. The number of phenolic OH excluding ortho intramolecular Hbond substituents is 1. The minimum atomic E-state index is -1.00. The molecule has 1 aromatic carbocycles. The summed E-state index contributed by atoms with van der Waals surface area (Å²) in [5.74, 6) is 0.832. The number of hydrogen-bond acceptors (Lipinski definition) is 5. The fourth-order valence-corrected chi connectivity index (χ4v) is 3.22. The number of aliphatic imine (C=N–C) groups is 1. The molecule has 0 radical (unpaired) electrons. The van der Waals surface area contributed by atoms with E-state index in [0.29, 0.717) is 31.0 Å². The number of benzene rings is 1. The van der Waals surface area contributed by atoms with Crippen LogP contribution in [0.1, 0.15) is 42.5 Å². The van der Waals surface area contributed by atoms with Crippen molar-refractivity contribution in [2.75, 3.05) is 19.6 Å². The number of carbonyl (C=O) groups is 2. The van der Waals surface area contributed by atoms with Gasteiger partial charge in [0.15, 0.2) is 5.60 Å². The lowest BCUT2D eigenvalue weighted by atomic mass is 9.86. The van der Waals surface area contributed by atoms with Gasteiger partial charge >= 0.3 is 0 Å². The molecule has 2 amide bonds. The minimum absolute atomic E-state index is 0. The van der Waals surface area contributed by atoms with E-state index >= 15 is 0 Å². The molecule has 9 heteroatoms. The molecular weight excluding hydrogens is 396 g/mol. The number of nitrogens with one attached hydrogen (secondary N) is 2. The Morgan fingerprint density at radius 2 is 1.79 bits per heavy atom. The largest absolute Gasteiger partial charge is 0.507 e. The predicted molar refractivity (Wildman–Crippen MR) is 115 cm³/mol. The van der Waals surface area contributed by atoms with Crippen molar-refractivity contribution in [3.63, 3.8) is 0 Å². The summed E-state index contributed by atoms with van der Waals surface area (Å²) in [6, 6.07) is 0. The molecule has 1 unspecified atom stereocenters. The number of phenols is 1. The van der Waals surface area contributed by atoms with Gasteiger partial charge < -0.3 is 26.2 Å². The van der Waals surface area contributed by atoms with Crippen LogP contribution in [-0.2, 0) is 16.0 Å². The number of hydrogen-bond donors (Lipinski definition) is 4. The van der Waals surface area contributed by atoms with E-state index in [-0.39, 0.29) is 43.1 Å². The number of aromatic hydroxyl groups is 1. The highest BCUT2D eigenvalue weighted by Crippen LogP contribution is 2.43. The van der Waals surface area contributed by atoms with Crippen LogP contribution in [0.25, 0.3) is 0 Å². The molecule has 2 rings (SSSR count). The molecule has 5 N–H and O–H groups in total. The van der Waals surface area contributed by atoms with Crippen molar-refractivity contribution >= 4 is 30.1 Å². The molecular formula is C20H31ClN4O4. The van der Waals surface area contributed by atoms with Crippen LogP contribution in [0, 0.1) is 20.8 Å². The van der Waals surface area contributed by atoms with E-state index in [1.54, 1.807) is 13.8 Å². The number of halogens is 1. The monoisotopic (exact) mass is 426 g/mol. The first-order valence-corrected chi connectivity index (χ1v) is 9.39. The molecule has 0 saturated carbocycles. The van der Waals surface area contributed by atoms with Crippen molar-refractivity contribution in [1.82, 2.24) is 10.6 Å². The van der Waals surface area contributed by atoms with Gasteiger partial charge in [0.25, 0.3) is 5.91 Å². The average molecular weight is 427 g/mol. The van der Waals surface area contributed by atoms with Crippen molar-refractivity contribution in [3.8, 4) is 11.5 Å². The Kier molecular flexibility index (Phi) is 8.32. The molecule has 1 aliphatic heterocycles. The summed E-state index contributed by atoms with van der Waals surface area (Å²) in [4.78, 5) is 28.1. The third-order valence-electron chi connectivity index (χ3n) is 5.20. The van der Waals surface area contributed by atoms with Crippen molar-refractivity contribution < 1.29 is 19.4 Å². The van der Waals surface area contributed by atoms with Crippen LogP contribution >= 0.6 is 12.4 Å².